The fourth-order valence-electron chi connectivity index (χ4n) is 2.41. The molecule has 2 rings (SSSR count). The fourth-order valence-corrected chi connectivity index (χ4v) is 3.11. The molecule has 28 heavy (non-hydrogen) atoms. The zero-order valence-corrected chi connectivity index (χ0v) is 18.7. The van der Waals surface area contributed by atoms with Gasteiger partial charge in [0.05, 0.1) is 11.9 Å². The largest absolute Gasteiger partial charge is 0.366 e. The van der Waals surface area contributed by atoms with Crippen LogP contribution in [0.4, 0.5) is 0 Å². The molecule has 0 aliphatic carbocycles. The molecule has 5 nitrogen and oxygen atoms in total. The van der Waals surface area contributed by atoms with Crippen LogP contribution in [0.1, 0.15) is 11.1 Å². The van der Waals surface area contributed by atoms with Crippen molar-refractivity contribution in [2.45, 2.75) is 11.4 Å². The fraction of sp³-hybridized carbons (Fsp3) is 0.190. The molecule has 0 fully saturated rings. The quantitative estimate of drug-likeness (QED) is 0.337. The molecule has 0 saturated heterocycles. The van der Waals surface area contributed by atoms with E-state index in [1.807, 2.05) is 43.6 Å². The number of benzene rings is 1. The Kier molecular flexibility index (Phi) is 8.97. The standard InChI is InChI=1S/C21H24BrN5S/c1-16(22)13-26-27(3)21(25-15-17-8-7-11-24-14-17)12-19(23-2)18-9-5-6-10-20(18)28-4/h5-14,25H,1,15H2,2-4H3/b21-12-,23-19+,26-13-. The monoisotopic (exact) mass is 457 g/mol. The molecule has 0 atom stereocenters. The van der Waals surface area contributed by atoms with Crippen LogP contribution in [-0.2, 0) is 6.54 Å². The van der Waals surface area contributed by atoms with Gasteiger partial charge in [0.25, 0.3) is 0 Å². The van der Waals surface area contributed by atoms with Gasteiger partial charge < -0.3 is 5.32 Å². The maximum atomic E-state index is 4.51. The molecule has 1 N–H and O–H groups in total. The number of nitrogens with zero attached hydrogens (tertiary/aromatic N) is 4. The second-order valence-corrected chi connectivity index (χ2v) is 7.64. The third-order valence-electron chi connectivity index (χ3n) is 3.81. The van der Waals surface area contributed by atoms with E-state index in [1.165, 1.54) is 4.90 Å². The molecule has 1 aromatic carbocycles. The summed E-state index contributed by atoms with van der Waals surface area (Å²) < 4.78 is 0.697. The minimum Gasteiger partial charge on any atom is -0.366 e. The van der Waals surface area contributed by atoms with E-state index >= 15 is 0 Å². The van der Waals surface area contributed by atoms with Crippen molar-refractivity contribution >= 4 is 39.6 Å². The summed E-state index contributed by atoms with van der Waals surface area (Å²) in [7, 11) is 3.67. The summed E-state index contributed by atoms with van der Waals surface area (Å²) in [4.78, 5) is 9.85. The van der Waals surface area contributed by atoms with Crippen molar-refractivity contribution in [2.75, 3.05) is 20.4 Å². The Morgan fingerprint density at radius 1 is 1.32 bits per heavy atom. The van der Waals surface area contributed by atoms with E-state index < -0.39 is 0 Å². The Morgan fingerprint density at radius 3 is 2.75 bits per heavy atom. The van der Waals surface area contributed by atoms with Crippen molar-refractivity contribution in [3.05, 3.63) is 82.9 Å². The highest BCUT2D eigenvalue weighted by atomic mass is 79.9. The van der Waals surface area contributed by atoms with Crippen molar-refractivity contribution in [2.24, 2.45) is 10.1 Å². The van der Waals surface area contributed by atoms with Crippen molar-refractivity contribution in [3.8, 4) is 0 Å². The second-order valence-electron chi connectivity index (χ2n) is 5.77. The predicted molar refractivity (Wildman–Crippen MR) is 124 cm³/mol. The summed E-state index contributed by atoms with van der Waals surface area (Å²) >= 11 is 5.00. The molecule has 7 heteroatoms. The van der Waals surface area contributed by atoms with Crippen molar-refractivity contribution in [1.82, 2.24) is 15.3 Å². The first-order valence-corrected chi connectivity index (χ1v) is 10.6. The van der Waals surface area contributed by atoms with Crippen molar-refractivity contribution < 1.29 is 0 Å². The van der Waals surface area contributed by atoms with Gasteiger partial charge in [-0.25, -0.2) is 0 Å². The molecule has 0 saturated carbocycles. The van der Waals surface area contributed by atoms with Gasteiger partial charge >= 0.3 is 0 Å². The van der Waals surface area contributed by atoms with Gasteiger partial charge in [0.1, 0.15) is 5.82 Å². The van der Waals surface area contributed by atoms with Crippen LogP contribution in [0.5, 0.6) is 0 Å². The number of hydrogen-bond acceptors (Lipinski definition) is 6. The number of rotatable bonds is 9. The Hall–Kier alpha value is -2.38. The first-order chi connectivity index (χ1) is 13.5. The second kappa shape index (κ2) is 11.5. The summed E-state index contributed by atoms with van der Waals surface area (Å²) in [6, 6.07) is 12.2. The minimum atomic E-state index is 0.621. The summed E-state index contributed by atoms with van der Waals surface area (Å²) in [5.41, 5.74) is 3.04. The molecular weight excluding hydrogens is 434 g/mol. The van der Waals surface area contributed by atoms with Crippen LogP contribution in [0.25, 0.3) is 0 Å². The highest BCUT2D eigenvalue weighted by Gasteiger charge is 2.10. The predicted octanol–water partition coefficient (Wildman–Crippen LogP) is 4.68. The molecule has 0 aliphatic rings. The maximum absolute atomic E-state index is 4.51. The van der Waals surface area contributed by atoms with Gasteiger partial charge in [-0.1, -0.05) is 30.8 Å². The molecule has 0 bridgehead atoms. The lowest BCUT2D eigenvalue weighted by molar-refractivity contribution is 0.408. The van der Waals surface area contributed by atoms with Crippen LogP contribution >= 0.6 is 27.7 Å². The van der Waals surface area contributed by atoms with Gasteiger partial charge in [-0.05, 0) is 39.9 Å². The normalized spacial score (nSPS) is 12.3. The smallest absolute Gasteiger partial charge is 0.124 e. The molecule has 0 amide bonds. The van der Waals surface area contributed by atoms with Crippen LogP contribution in [0, 0.1) is 0 Å². The lowest BCUT2D eigenvalue weighted by Gasteiger charge is -2.20. The third-order valence-corrected chi connectivity index (χ3v) is 4.81. The van der Waals surface area contributed by atoms with E-state index in [-0.39, 0.29) is 0 Å². The highest BCUT2D eigenvalue weighted by molar-refractivity contribution is 9.12. The topological polar surface area (TPSA) is 52.9 Å². The summed E-state index contributed by atoms with van der Waals surface area (Å²) in [5.74, 6) is 0.811. The number of thioether (sulfide) groups is 1. The van der Waals surface area contributed by atoms with Gasteiger partial charge in [0, 0.05) is 54.1 Å². The lowest BCUT2D eigenvalue weighted by Crippen LogP contribution is -2.26. The number of hydrazone groups is 1. The third kappa shape index (κ3) is 6.65. The Morgan fingerprint density at radius 2 is 2.11 bits per heavy atom. The average molecular weight is 458 g/mol. The molecule has 1 aromatic heterocycles. The first-order valence-electron chi connectivity index (χ1n) is 8.62. The van der Waals surface area contributed by atoms with Crippen LogP contribution in [-0.4, -0.2) is 42.3 Å². The molecule has 2 aromatic rings. The summed E-state index contributed by atoms with van der Waals surface area (Å²) in [6.45, 7) is 4.41. The SMILES string of the molecule is C=C(Br)/C=N\N(C)/C(=C\C(=N/C)c1ccccc1SC)NCc1cccnc1. The van der Waals surface area contributed by atoms with Crippen molar-refractivity contribution in [1.29, 1.82) is 0 Å². The van der Waals surface area contributed by atoms with Crippen LogP contribution < -0.4 is 5.32 Å². The van der Waals surface area contributed by atoms with E-state index in [9.17, 15) is 0 Å². The first kappa shape index (κ1) is 21.9. The molecule has 0 spiro atoms. The Labute approximate surface area is 179 Å². The highest BCUT2D eigenvalue weighted by Crippen LogP contribution is 2.21. The molecule has 146 valence electrons. The molecule has 0 radical (unpaired) electrons. The summed E-state index contributed by atoms with van der Waals surface area (Å²) in [6.07, 6.45) is 9.32. The van der Waals surface area contributed by atoms with Gasteiger partial charge in [-0.3, -0.25) is 15.0 Å². The zero-order valence-electron chi connectivity index (χ0n) is 16.3. The van der Waals surface area contributed by atoms with E-state index in [2.05, 4.69) is 61.3 Å². The van der Waals surface area contributed by atoms with E-state index in [4.69, 9.17) is 0 Å². The molecule has 0 unspecified atom stereocenters. The maximum Gasteiger partial charge on any atom is 0.124 e. The van der Waals surface area contributed by atoms with Crippen molar-refractivity contribution in [3.63, 3.8) is 0 Å². The Balaban J connectivity index is 2.35. The number of hydrogen-bond donors (Lipinski definition) is 1. The zero-order chi connectivity index (χ0) is 20.4. The van der Waals surface area contributed by atoms with Crippen LogP contribution in [0.3, 0.4) is 0 Å². The summed E-state index contributed by atoms with van der Waals surface area (Å²) in [5, 5.41) is 9.61. The average Bonchev–Trinajstić information content (AvgIpc) is 2.73. The number of halogens is 1. The van der Waals surface area contributed by atoms with Gasteiger partial charge in [-0.15, -0.1) is 11.8 Å². The van der Waals surface area contributed by atoms with Crippen LogP contribution in [0.2, 0.25) is 0 Å². The van der Waals surface area contributed by atoms with Crippen LogP contribution in [0.15, 0.2) is 86.7 Å². The minimum absolute atomic E-state index is 0.621. The van der Waals surface area contributed by atoms with Gasteiger partial charge in [0.15, 0.2) is 0 Å². The Bertz CT molecular complexity index is 877. The van der Waals surface area contributed by atoms with E-state index in [1.54, 1.807) is 36.2 Å². The van der Waals surface area contributed by atoms with E-state index in [0.717, 1.165) is 22.7 Å². The van der Waals surface area contributed by atoms with E-state index in [0.29, 0.717) is 11.0 Å². The number of nitrogens with one attached hydrogen (secondary N) is 1. The number of pyridine rings is 1. The molecule has 1 heterocycles. The molecular formula is C21H24BrN5S. The van der Waals surface area contributed by atoms with Gasteiger partial charge in [0.2, 0.25) is 0 Å². The number of aliphatic imine (C=N–C) groups is 1. The lowest BCUT2D eigenvalue weighted by atomic mass is 10.1. The molecule has 0 aliphatic heterocycles. The van der Waals surface area contributed by atoms with Gasteiger partial charge in [-0.2, -0.15) is 5.10 Å². The number of allylic oxidation sites excluding steroid dienone is 2. The number of aromatic nitrogens is 1.